The van der Waals surface area contributed by atoms with E-state index in [4.69, 9.17) is 0 Å². The molecule has 0 aromatic heterocycles. The van der Waals surface area contributed by atoms with Crippen molar-refractivity contribution in [2.45, 2.75) is 31.2 Å². The van der Waals surface area contributed by atoms with Crippen molar-refractivity contribution < 1.29 is 39.9 Å². The largest absolute Gasteiger partial charge is 0.471 e. The summed E-state index contributed by atoms with van der Waals surface area (Å²) in [5.41, 5.74) is -1.82. The first-order valence-corrected chi connectivity index (χ1v) is 6.27. The van der Waals surface area contributed by atoms with Crippen molar-refractivity contribution in [2.75, 3.05) is 6.54 Å². The number of carbonyl (C=O) groups excluding carboxylic acids is 1. The number of amides is 1. The predicted octanol–water partition coefficient (Wildman–Crippen LogP) is 3.79. The molecular weight excluding hydrogens is 338 g/mol. The molecule has 128 valence electrons. The monoisotopic (exact) mass is 347 g/mol. The van der Waals surface area contributed by atoms with E-state index < -0.39 is 49.3 Å². The minimum Gasteiger partial charge on any atom is -0.330 e. The van der Waals surface area contributed by atoms with E-state index in [1.165, 1.54) is 0 Å². The summed E-state index contributed by atoms with van der Waals surface area (Å²) in [6.07, 6.45) is -11.5. The first-order chi connectivity index (χ1) is 10.4. The van der Waals surface area contributed by atoms with E-state index in [1.807, 2.05) is 0 Å². The fraction of sp³-hybridized carbons (Fsp3) is 0.462. The Hall–Kier alpha value is -1.87. The second kappa shape index (κ2) is 5.34. The van der Waals surface area contributed by atoms with Crippen molar-refractivity contribution in [3.8, 4) is 0 Å². The van der Waals surface area contributed by atoms with Crippen LogP contribution in [0.1, 0.15) is 16.7 Å². The van der Waals surface area contributed by atoms with Gasteiger partial charge in [0.1, 0.15) is 0 Å². The van der Waals surface area contributed by atoms with Gasteiger partial charge in [-0.2, -0.15) is 35.1 Å². The number of hydrogen-bond acceptors (Lipinski definition) is 1. The topological polar surface area (TPSA) is 20.3 Å². The number of halogens is 8. The van der Waals surface area contributed by atoms with Gasteiger partial charge in [-0.15, -0.1) is 0 Å². The number of nitrogens with zero attached hydrogens (tertiary/aromatic N) is 1. The highest BCUT2D eigenvalue weighted by Gasteiger charge is 2.59. The van der Waals surface area contributed by atoms with Crippen LogP contribution < -0.4 is 0 Å². The molecule has 2 nitrogen and oxygen atoms in total. The van der Waals surface area contributed by atoms with Gasteiger partial charge in [0, 0.05) is 18.7 Å². The van der Waals surface area contributed by atoms with E-state index >= 15 is 0 Å². The summed E-state index contributed by atoms with van der Waals surface area (Å²) < 4.78 is 102. The van der Waals surface area contributed by atoms with E-state index in [2.05, 4.69) is 0 Å². The average Bonchev–Trinajstić information content (AvgIpc) is 2.43. The molecule has 10 heteroatoms. The zero-order valence-electron chi connectivity index (χ0n) is 11.2. The third-order valence-corrected chi connectivity index (χ3v) is 3.49. The molecule has 1 amide bonds. The minimum absolute atomic E-state index is 0.157. The molecule has 1 aromatic carbocycles. The molecule has 1 heterocycles. The third kappa shape index (κ3) is 3.11. The van der Waals surface area contributed by atoms with E-state index in [0.717, 1.165) is 12.1 Å². The summed E-state index contributed by atoms with van der Waals surface area (Å²) in [7, 11) is 0. The number of benzene rings is 1. The quantitative estimate of drug-likeness (QED) is 0.708. The lowest BCUT2D eigenvalue weighted by atomic mass is 9.91. The Balaban J connectivity index is 2.38. The second-order valence-electron chi connectivity index (χ2n) is 4.99. The molecule has 0 bridgehead atoms. The van der Waals surface area contributed by atoms with Gasteiger partial charge in [0.05, 0.1) is 0 Å². The zero-order chi connectivity index (χ0) is 17.6. The third-order valence-electron chi connectivity index (χ3n) is 3.49. The Kier molecular flexibility index (Phi) is 4.06. The SMILES string of the molecule is O=C(N1CCc2c(cccc2C(F)(F)C(F)(F)F)C1)C(F)(F)F. The number of hydrogen-bond donors (Lipinski definition) is 0. The van der Waals surface area contributed by atoms with Gasteiger partial charge in [0.2, 0.25) is 0 Å². The van der Waals surface area contributed by atoms with Crippen LogP contribution in [-0.2, 0) is 23.7 Å². The molecule has 0 saturated heterocycles. The smallest absolute Gasteiger partial charge is 0.330 e. The normalized spacial score (nSPS) is 16.3. The lowest BCUT2D eigenvalue weighted by Crippen LogP contribution is -2.44. The molecule has 0 N–H and O–H groups in total. The van der Waals surface area contributed by atoms with Crippen LogP contribution >= 0.6 is 0 Å². The molecule has 0 spiro atoms. The zero-order valence-corrected chi connectivity index (χ0v) is 11.2. The second-order valence-corrected chi connectivity index (χ2v) is 4.99. The van der Waals surface area contributed by atoms with Crippen LogP contribution in [0.3, 0.4) is 0 Å². The van der Waals surface area contributed by atoms with Crippen molar-refractivity contribution in [1.82, 2.24) is 4.90 Å². The summed E-state index contributed by atoms with van der Waals surface area (Å²) in [4.78, 5) is 11.5. The fourth-order valence-electron chi connectivity index (χ4n) is 2.41. The summed E-state index contributed by atoms with van der Waals surface area (Å²) in [5.74, 6) is -7.27. The summed E-state index contributed by atoms with van der Waals surface area (Å²) >= 11 is 0. The summed E-state index contributed by atoms with van der Waals surface area (Å²) in [6.45, 7) is -1.26. The van der Waals surface area contributed by atoms with Crippen LogP contribution in [0.5, 0.6) is 0 Å². The highest BCUT2D eigenvalue weighted by atomic mass is 19.4. The van der Waals surface area contributed by atoms with Crippen molar-refractivity contribution in [3.05, 3.63) is 34.9 Å². The van der Waals surface area contributed by atoms with Crippen LogP contribution in [0.25, 0.3) is 0 Å². The van der Waals surface area contributed by atoms with Gasteiger partial charge in [-0.3, -0.25) is 4.79 Å². The Morgan fingerprint density at radius 1 is 1.00 bits per heavy atom. The molecule has 0 saturated carbocycles. The number of fused-ring (bicyclic) bond motifs is 1. The molecule has 2 rings (SSSR count). The number of carbonyl (C=O) groups is 1. The van der Waals surface area contributed by atoms with Crippen molar-refractivity contribution in [1.29, 1.82) is 0 Å². The first-order valence-electron chi connectivity index (χ1n) is 6.27. The van der Waals surface area contributed by atoms with Gasteiger partial charge in [-0.25, -0.2) is 0 Å². The van der Waals surface area contributed by atoms with Crippen LogP contribution in [-0.4, -0.2) is 29.7 Å². The van der Waals surface area contributed by atoms with Crippen LogP contribution in [0, 0.1) is 0 Å². The van der Waals surface area contributed by atoms with Gasteiger partial charge in [0.25, 0.3) is 0 Å². The lowest BCUT2D eigenvalue weighted by molar-refractivity contribution is -0.289. The molecular formula is C13H9F8NO. The maximum Gasteiger partial charge on any atom is 0.471 e. The molecule has 0 unspecified atom stereocenters. The Morgan fingerprint density at radius 2 is 1.61 bits per heavy atom. The van der Waals surface area contributed by atoms with Crippen molar-refractivity contribution in [2.24, 2.45) is 0 Å². The standard InChI is InChI=1S/C13H9F8NO/c14-11(15,13(19,20)21)9-3-1-2-7-6-22(5-4-8(7)9)10(23)12(16,17)18/h1-3H,4-6H2. The van der Waals surface area contributed by atoms with Gasteiger partial charge in [-0.05, 0) is 17.5 Å². The molecule has 1 aliphatic rings. The number of alkyl halides is 8. The lowest BCUT2D eigenvalue weighted by Gasteiger charge is -2.32. The predicted molar refractivity (Wildman–Crippen MR) is 61.6 cm³/mol. The maximum atomic E-state index is 13.5. The van der Waals surface area contributed by atoms with E-state index in [-0.39, 0.29) is 11.1 Å². The van der Waals surface area contributed by atoms with E-state index in [0.29, 0.717) is 11.0 Å². The van der Waals surface area contributed by atoms with Crippen LogP contribution in [0.15, 0.2) is 18.2 Å². The van der Waals surface area contributed by atoms with Gasteiger partial charge in [-0.1, -0.05) is 18.2 Å². The maximum absolute atomic E-state index is 13.5. The molecule has 0 aliphatic carbocycles. The van der Waals surface area contributed by atoms with E-state index in [1.54, 1.807) is 0 Å². The highest BCUT2D eigenvalue weighted by Crippen LogP contribution is 2.46. The molecule has 0 radical (unpaired) electrons. The Morgan fingerprint density at radius 3 is 2.13 bits per heavy atom. The fourth-order valence-corrected chi connectivity index (χ4v) is 2.41. The van der Waals surface area contributed by atoms with Gasteiger partial charge in [0.15, 0.2) is 0 Å². The molecule has 0 atom stereocenters. The molecule has 23 heavy (non-hydrogen) atoms. The summed E-state index contributed by atoms with van der Waals surface area (Å²) in [6, 6.07) is 2.62. The molecule has 1 aromatic rings. The summed E-state index contributed by atoms with van der Waals surface area (Å²) in [5, 5.41) is 0. The molecule has 1 aliphatic heterocycles. The van der Waals surface area contributed by atoms with Crippen molar-refractivity contribution >= 4 is 5.91 Å². The Bertz CT molecular complexity index is 619. The average molecular weight is 347 g/mol. The van der Waals surface area contributed by atoms with E-state index in [9.17, 15) is 39.9 Å². The molecule has 0 fully saturated rings. The first kappa shape index (κ1) is 17.5. The van der Waals surface area contributed by atoms with Crippen LogP contribution in [0.2, 0.25) is 0 Å². The van der Waals surface area contributed by atoms with Gasteiger partial charge >= 0.3 is 24.2 Å². The minimum atomic E-state index is -5.82. The van der Waals surface area contributed by atoms with Crippen molar-refractivity contribution in [3.63, 3.8) is 0 Å². The number of rotatable bonds is 1. The van der Waals surface area contributed by atoms with Crippen LogP contribution in [0.4, 0.5) is 35.1 Å². The highest BCUT2D eigenvalue weighted by molar-refractivity contribution is 5.82. The Labute approximate surface area is 124 Å². The van der Waals surface area contributed by atoms with Gasteiger partial charge < -0.3 is 4.90 Å².